The molecule has 1 unspecified atom stereocenters. The molecule has 0 aromatic heterocycles. The van der Waals surface area contributed by atoms with Crippen LogP contribution in [0.1, 0.15) is 58.3 Å². The Morgan fingerprint density at radius 1 is 1.00 bits per heavy atom. The van der Waals surface area contributed by atoms with E-state index in [1.807, 2.05) is 0 Å². The molecule has 1 rings (SSSR count). The fraction of sp³-hybridized carbons (Fsp3) is 1.00. The molecule has 17 heavy (non-hydrogen) atoms. The highest BCUT2D eigenvalue weighted by Gasteiger charge is 2.18. The van der Waals surface area contributed by atoms with E-state index in [2.05, 4.69) is 12.2 Å². The van der Waals surface area contributed by atoms with E-state index in [1.54, 1.807) is 0 Å². The molecule has 0 spiro atoms. The average Bonchev–Trinajstić information content (AvgIpc) is 2.27. The zero-order valence-electron chi connectivity index (χ0n) is 11.4. The van der Waals surface area contributed by atoms with Crippen molar-refractivity contribution in [2.75, 3.05) is 24.6 Å². The van der Waals surface area contributed by atoms with E-state index in [1.165, 1.54) is 51.4 Å². The SMILES string of the molecule is CCCCCCCCCCS(=O)CC1CNC1. The lowest BCUT2D eigenvalue weighted by molar-refractivity contribution is 0.382. The van der Waals surface area contributed by atoms with Crippen molar-refractivity contribution in [3.8, 4) is 0 Å². The van der Waals surface area contributed by atoms with Crippen molar-refractivity contribution in [2.24, 2.45) is 5.92 Å². The second-order valence-electron chi connectivity index (χ2n) is 5.31. The van der Waals surface area contributed by atoms with Crippen LogP contribution in [0.25, 0.3) is 0 Å². The topological polar surface area (TPSA) is 29.1 Å². The minimum Gasteiger partial charge on any atom is -0.316 e. The molecule has 0 aromatic carbocycles. The lowest BCUT2D eigenvalue weighted by Gasteiger charge is -2.26. The summed E-state index contributed by atoms with van der Waals surface area (Å²) in [7, 11) is -0.549. The first-order valence-corrected chi connectivity index (χ1v) is 8.87. The first-order valence-electron chi connectivity index (χ1n) is 7.38. The van der Waals surface area contributed by atoms with Gasteiger partial charge in [-0.05, 0) is 12.3 Å². The third kappa shape index (κ3) is 7.93. The maximum atomic E-state index is 11.7. The summed E-state index contributed by atoms with van der Waals surface area (Å²) < 4.78 is 11.7. The van der Waals surface area contributed by atoms with Crippen LogP contribution in [-0.2, 0) is 10.8 Å². The summed E-state index contributed by atoms with van der Waals surface area (Å²) in [6, 6.07) is 0. The van der Waals surface area contributed by atoms with Gasteiger partial charge in [0.15, 0.2) is 0 Å². The van der Waals surface area contributed by atoms with Gasteiger partial charge in [0, 0.05) is 35.4 Å². The molecule has 0 aromatic rings. The summed E-state index contributed by atoms with van der Waals surface area (Å²) in [6.45, 7) is 4.43. The van der Waals surface area contributed by atoms with Gasteiger partial charge in [-0.25, -0.2) is 0 Å². The lowest BCUT2D eigenvalue weighted by Crippen LogP contribution is -2.44. The molecule has 3 heteroatoms. The zero-order chi connectivity index (χ0) is 12.3. The van der Waals surface area contributed by atoms with Gasteiger partial charge in [-0.2, -0.15) is 0 Å². The normalized spacial score (nSPS) is 17.9. The minimum absolute atomic E-state index is 0.549. The van der Waals surface area contributed by atoms with E-state index in [9.17, 15) is 4.21 Å². The van der Waals surface area contributed by atoms with Crippen molar-refractivity contribution < 1.29 is 4.21 Å². The summed E-state index contributed by atoms with van der Waals surface area (Å²) in [5.74, 6) is 2.57. The van der Waals surface area contributed by atoms with E-state index in [0.717, 1.165) is 24.6 Å². The van der Waals surface area contributed by atoms with Crippen LogP contribution >= 0.6 is 0 Å². The molecule has 1 heterocycles. The molecule has 1 N–H and O–H groups in total. The van der Waals surface area contributed by atoms with Crippen LogP contribution in [-0.4, -0.2) is 28.8 Å². The number of rotatable bonds is 11. The van der Waals surface area contributed by atoms with Crippen LogP contribution in [0.2, 0.25) is 0 Å². The number of hydrogen-bond donors (Lipinski definition) is 1. The second-order valence-corrected chi connectivity index (χ2v) is 6.93. The van der Waals surface area contributed by atoms with Crippen molar-refractivity contribution in [1.82, 2.24) is 5.32 Å². The molecule has 1 aliphatic rings. The zero-order valence-corrected chi connectivity index (χ0v) is 12.2. The molecule has 1 saturated heterocycles. The number of nitrogens with one attached hydrogen (secondary N) is 1. The Bertz CT molecular complexity index is 204. The average molecular weight is 259 g/mol. The summed E-state index contributed by atoms with van der Waals surface area (Å²) >= 11 is 0. The highest BCUT2D eigenvalue weighted by atomic mass is 32.2. The standard InChI is InChI=1S/C14H29NOS/c1-2-3-4-5-6-7-8-9-10-17(16)13-14-11-15-12-14/h14-15H,2-13H2,1H3. The Kier molecular flexibility index (Phi) is 8.99. The summed E-state index contributed by atoms with van der Waals surface area (Å²) in [5.41, 5.74) is 0. The van der Waals surface area contributed by atoms with E-state index >= 15 is 0 Å². The monoisotopic (exact) mass is 259 g/mol. The van der Waals surface area contributed by atoms with E-state index in [0.29, 0.717) is 5.92 Å². The fourth-order valence-electron chi connectivity index (χ4n) is 2.21. The van der Waals surface area contributed by atoms with E-state index < -0.39 is 10.8 Å². The molecule has 0 aliphatic carbocycles. The molecule has 2 nitrogen and oxygen atoms in total. The highest BCUT2D eigenvalue weighted by Crippen LogP contribution is 2.10. The maximum absolute atomic E-state index is 11.7. The third-order valence-corrected chi connectivity index (χ3v) is 5.10. The van der Waals surface area contributed by atoms with Crippen molar-refractivity contribution in [3.63, 3.8) is 0 Å². The van der Waals surface area contributed by atoms with Gasteiger partial charge in [0.05, 0.1) is 0 Å². The largest absolute Gasteiger partial charge is 0.316 e. The second kappa shape index (κ2) is 10.1. The van der Waals surface area contributed by atoms with Crippen LogP contribution in [0.4, 0.5) is 0 Å². The molecule has 102 valence electrons. The minimum atomic E-state index is -0.549. The molecule has 0 radical (unpaired) electrons. The van der Waals surface area contributed by atoms with Crippen LogP contribution in [0, 0.1) is 5.92 Å². The number of unbranched alkanes of at least 4 members (excludes halogenated alkanes) is 7. The smallest absolute Gasteiger partial charge is 0.0287 e. The van der Waals surface area contributed by atoms with Gasteiger partial charge in [0.1, 0.15) is 0 Å². The Balaban J connectivity index is 1.78. The molecule has 1 fully saturated rings. The van der Waals surface area contributed by atoms with Crippen molar-refractivity contribution in [1.29, 1.82) is 0 Å². The van der Waals surface area contributed by atoms with Gasteiger partial charge in [-0.15, -0.1) is 0 Å². The van der Waals surface area contributed by atoms with Gasteiger partial charge in [-0.1, -0.05) is 51.9 Å². The van der Waals surface area contributed by atoms with Gasteiger partial charge in [0.25, 0.3) is 0 Å². The molecule has 1 atom stereocenters. The summed E-state index contributed by atoms with van der Waals surface area (Å²) in [6.07, 6.45) is 10.7. The molecular weight excluding hydrogens is 230 g/mol. The van der Waals surface area contributed by atoms with Crippen molar-refractivity contribution in [2.45, 2.75) is 58.3 Å². The van der Waals surface area contributed by atoms with Crippen molar-refractivity contribution >= 4 is 10.8 Å². The van der Waals surface area contributed by atoms with Crippen LogP contribution in [0.15, 0.2) is 0 Å². The predicted octanol–water partition coefficient (Wildman–Crippen LogP) is 3.10. The van der Waals surface area contributed by atoms with Gasteiger partial charge >= 0.3 is 0 Å². The van der Waals surface area contributed by atoms with Crippen molar-refractivity contribution in [3.05, 3.63) is 0 Å². The predicted molar refractivity (Wildman–Crippen MR) is 76.8 cm³/mol. The summed E-state index contributed by atoms with van der Waals surface area (Å²) in [4.78, 5) is 0. The third-order valence-electron chi connectivity index (χ3n) is 3.51. The quantitative estimate of drug-likeness (QED) is 0.578. The first-order chi connectivity index (χ1) is 8.33. The first kappa shape index (κ1) is 15.2. The Morgan fingerprint density at radius 3 is 2.12 bits per heavy atom. The lowest BCUT2D eigenvalue weighted by atomic mass is 10.1. The Morgan fingerprint density at radius 2 is 1.59 bits per heavy atom. The van der Waals surface area contributed by atoms with Crippen LogP contribution in [0.3, 0.4) is 0 Å². The Hall–Kier alpha value is 0.110. The van der Waals surface area contributed by atoms with Gasteiger partial charge < -0.3 is 5.32 Å². The molecular formula is C14H29NOS. The molecule has 0 saturated carbocycles. The fourth-order valence-corrected chi connectivity index (χ4v) is 3.66. The van der Waals surface area contributed by atoms with Gasteiger partial charge in [0.2, 0.25) is 0 Å². The van der Waals surface area contributed by atoms with E-state index in [4.69, 9.17) is 0 Å². The molecule has 0 bridgehead atoms. The number of hydrogen-bond acceptors (Lipinski definition) is 2. The molecule has 0 amide bonds. The van der Waals surface area contributed by atoms with Crippen LogP contribution in [0.5, 0.6) is 0 Å². The van der Waals surface area contributed by atoms with Crippen LogP contribution < -0.4 is 5.32 Å². The van der Waals surface area contributed by atoms with Gasteiger partial charge in [-0.3, -0.25) is 4.21 Å². The summed E-state index contributed by atoms with van der Waals surface area (Å²) in [5, 5.41) is 3.23. The highest BCUT2D eigenvalue weighted by molar-refractivity contribution is 7.84. The van der Waals surface area contributed by atoms with E-state index in [-0.39, 0.29) is 0 Å². The maximum Gasteiger partial charge on any atom is 0.0287 e. The Labute approximate surface area is 109 Å². The molecule has 1 aliphatic heterocycles.